The molecule has 2 aromatic carbocycles. The number of urea groups is 1. The zero-order valence-corrected chi connectivity index (χ0v) is 19.1. The second-order valence-corrected chi connectivity index (χ2v) is 7.56. The first-order chi connectivity index (χ1) is 17.6. The van der Waals surface area contributed by atoms with E-state index < -0.39 is 23.7 Å². The topological polar surface area (TPSA) is 124 Å². The highest BCUT2D eigenvalue weighted by atomic mass is 19.4. The number of pyridine rings is 1. The molecule has 3 amide bonds. The van der Waals surface area contributed by atoms with Crippen molar-refractivity contribution in [3.8, 4) is 17.2 Å². The van der Waals surface area contributed by atoms with Crippen molar-refractivity contribution in [2.45, 2.75) is 6.18 Å². The summed E-state index contributed by atoms with van der Waals surface area (Å²) in [7, 11) is 1.39. The molecule has 3 N–H and O–H groups in total. The lowest BCUT2D eigenvalue weighted by Crippen LogP contribution is -2.37. The lowest BCUT2D eigenvalue weighted by Gasteiger charge is -2.15. The van der Waals surface area contributed by atoms with Crippen LogP contribution in [0.4, 0.5) is 29.3 Å². The molecule has 0 radical (unpaired) electrons. The van der Waals surface area contributed by atoms with Gasteiger partial charge in [0.2, 0.25) is 0 Å². The van der Waals surface area contributed by atoms with Gasteiger partial charge >= 0.3 is 18.1 Å². The average Bonchev–Trinajstić information content (AvgIpc) is 3.40. The molecule has 10 nitrogen and oxygen atoms in total. The molecule has 0 bridgehead atoms. The van der Waals surface area contributed by atoms with Gasteiger partial charge < -0.3 is 30.5 Å². The van der Waals surface area contributed by atoms with E-state index in [4.69, 9.17) is 4.74 Å². The van der Waals surface area contributed by atoms with Crippen molar-refractivity contribution in [3.63, 3.8) is 0 Å². The van der Waals surface area contributed by atoms with Crippen LogP contribution in [-0.2, 0) is 6.18 Å². The van der Waals surface area contributed by atoms with Crippen LogP contribution in [0.5, 0.6) is 11.5 Å². The number of hydrogen-bond acceptors (Lipinski definition) is 5. The zero-order valence-electron chi connectivity index (χ0n) is 19.1. The van der Waals surface area contributed by atoms with Crippen molar-refractivity contribution >= 4 is 23.3 Å². The zero-order chi connectivity index (χ0) is 26.6. The number of aromatic nitrogens is 3. The highest BCUT2D eigenvalue weighted by molar-refractivity contribution is 6.01. The third-order valence-electron chi connectivity index (χ3n) is 5.05. The Morgan fingerprint density at radius 3 is 2.43 bits per heavy atom. The summed E-state index contributed by atoms with van der Waals surface area (Å²) in [5.74, 6) is 0.00134. The largest absolute Gasteiger partial charge is 0.618 e. The maximum absolute atomic E-state index is 13.2. The number of carbonyl (C=O) groups is 2. The number of nitrogens with one attached hydrogen (secondary N) is 3. The minimum absolute atomic E-state index is 0.0723. The molecule has 0 spiro atoms. The van der Waals surface area contributed by atoms with Gasteiger partial charge in [0.25, 0.3) is 5.69 Å². The molecule has 37 heavy (non-hydrogen) atoms. The van der Waals surface area contributed by atoms with Crippen molar-refractivity contribution in [1.82, 2.24) is 14.9 Å². The van der Waals surface area contributed by atoms with Crippen LogP contribution in [0.1, 0.15) is 16.1 Å². The number of hydrogen-bond donors (Lipinski definition) is 3. The molecule has 0 saturated carbocycles. The normalized spacial score (nSPS) is 11.0. The Balaban J connectivity index is 1.47. The number of carbonyl (C=O) groups excluding carboxylic acids is 2. The quantitative estimate of drug-likeness (QED) is 0.262. The van der Waals surface area contributed by atoms with E-state index in [-0.39, 0.29) is 17.1 Å². The lowest BCUT2D eigenvalue weighted by molar-refractivity contribution is -0.607. The summed E-state index contributed by atoms with van der Waals surface area (Å²) in [6.07, 6.45) is 0.922. The molecule has 190 valence electrons. The number of benzene rings is 2. The van der Waals surface area contributed by atoms with Gasteiger partial charge in [-0.1, -0.05) is 0 Å². The summed E-state index contributed by atoms with van der Waals surface area (Å²) in [4.78, 5) is 28.2. The van der Waals surface area contributed by atoms with Crippen LogP contribution in [0.2, 0.25) is 0 Å². The maximum Gasteiger partial charge on any atom is 0.416 e. The fourth-order valence-corrected chi connectivity index (χ4v) is 3.29. The molecule has 2 heterocycles. The Bertz CT molecular complexity index is 1420. The van der Waals surface area contributed by atoms with E-state index in [1.807, 2.05) is 0 Å². The van der Waals surface area contributed by atoms with E-state index >= 15 is 0 Å². The van der Waals surface area contributed by atoms with E-state index in [2.05, 4.69) is 20.9 Å². The van der Waals surface area contributed by atoms with Crippen molar-refractivity contribution in [1.29, 1.82) is 0 Å². The minimum atomic E-state index is -4.59. The Morgan fingerprint density at radius 2 is 1.78 bits per heavy atom. The van der Waals surface area contributed by atoms with Crippen LogP contribution in [0.15, 0.2) is 79.5 Å². The van der Waals surface area contributed by atoms with Gasteiger partial charge in [-0.2, -0.15) is 17.9 Å². The second-order valence-electron chi connectivity index (χ2n) is 7.56. The first-order valence-electron chi connectivity index (χ1n) is 10.6. The summed E-state index contributed by atoms with van der Waals surface area (Å²) in [6.45, 7) is 0. The Kier molecular flexibility index (Phi) is 6.95. The van der Waals surface area contributed by atoms with Crippen LogP contribution in [0.3, 0.4) is 0 Å². The number of ether oxygens (including phenoxy) is 1. The van der Waals surface area contributed by atoms with Gasteiger partial charge in [0.1, 0.15) is 11.5 Å². The van der Waals surface area contributed by atoms with Crippen LogP contribution in [0, 0.1) is 5.21 Å². The highest BCUT2D eigenvalue weighted by Crippen LogP contribution is 2.33. The number of halogens is 3. The molecule has 0 unspecified atom stereocenters. The SMILES string of the molecule is CNC(=O)c1cc(Oc2ccc(NC(=O)Nc3cc(C(F)(F)F)ccc3-n3ccnc3)cc2)cc[n+]1[O-]. The van der Waals surface area contributed by atoms with Crippen LogP contribution in [-0.4, -0.2) is 28.5 Å². The van der Waals surface area contributed by atoms with Crippen molar-refractivity contribution < 1.29 is 32.2 Å². The van der Waals surface area contributed by atoms with E-state index in [9.17, 15) is 28.0 Å². The van der Waals surface area contributed by atoms with Crippen molar-refractivity contribution in [2.24, 2.45) is 0 Å². The van der Waals surface area contributed by atoms with E-state index in [0.29, 0.717) is 21.9 Å². The van der Waals surface area contributed by atoms with Gasteiger partial charge in [-0.25, -0.2) is 9.78 Å². The Hall–Kier alpha value is -5.07. The third-order valence-corrected chi connectivity index (χ3v) is 5.05. The Morgan fingerprint density at radius 1 is 1.03 bits per heavy atom. The second kappa shape index (κ2) is 10.3. The fourth-order valence-electron chi connectivity index (χ4n) is 3.29. The fraction of sp³-hybridized carbons (Fsp3) is 0.0833. The van der Waals surface area contributed by atoms with Crippen LogP contribution >= 0.6 is 0 Å². The molecule has 0 saturated heterocycles. The predicted octanol–water partition coefficient (Wildman–Crippen LogP) is 4.32. The number of imidazole rings is 1. The number of rotatable bonds is 6. The van der Waals surface area contributed by atoms with Crippen LogP contribution in [0.25, 0.3) is 5.69 Å². The third kappa shape index (κ3) is 5.96. The smallest absolute Gasteiger partial charge is 0.416 e. The highest BCUT2D eigenvalue weighted by Gasteiger charge is 2.31. The van der Waals surface area contributed by atoms with Gasteiger partial charge in [0.15, 0.2) is 6.20 Å². The first-order valence-corrected chi connectivity index (χ1v) is 10.6. The standard InChI is InChI=1S/C24H19F3N6O4/c1-28-22(34)21-13-18(8-10-33(21)36)37-17-5-3-16(4-6-17)30-23(35)31-19-12-15(24(25,26)27)2-7-20(19)32-11-9-29-14-32/h2-14H,1H3,(H,28,34)(H2,30,31,35). The lowest BCUT2D eigenvalue weighted by atomic mass is 10.1. The van der Waals surface area contributed by atoms with Gasteiger partial charge in [0.05, 0.1) is 29.3 Å². The van der Waals surface area contributed by atoms with Crippen molar-refractivity contribution in [2.75, 3.05) is 17.7 Å². The molecule has 2 aromatic heterocycles. The van der Waals surface area contributed by atoms with Gasteiger partial charge in [-0.05, 0) is 42.5 Å². The molecule has 0 aliphatic carbocycles. The molecule has 0 atom stereocenters. The number of nitrogens with zero attached hydrogens (tertiary/aromatic N) is 3. The molecular weight excluding hydrogens is 493 g/mol. The monoisotopic (exact) mass is 512 g/mol. The van der Waals surface area contributed by atoms with E-state index in [1.165, 1.54) is 72.8 Å². The predicted molar refractivity (Wildman–Crippen MR) is 127 cm³/mol. The van der Waals surface area contributed by atoms with E-state index in [1.54, 1.807) is 0 Å². The summed E-state index contributed by atoms with van der Waals surface area (Å²) < 4.78 is 47.2. The molecule has 0 fully saturated rings. The molecular formula is C24H19F3N6O4. The van der Waals surface area contributed by atoms with Gasteiger partial charge in [0, 0.05) is 31.2 Å². The van der Waals surface area contributed by atoms with E-state index in [0.717, 1.165) is 18.3 Å². The number of alkyl halides is 3. The molecule has 0 aliphatic rings. The summed E-state index contributed by atoms with van der Waals surface area (Å²) in [6, 6.07) is 10.9. The summed E-state index contributed by atoms with van der Waals surface area (Å²) >= 11 is 0. The number of anilines is 2. The van der Waals surface area contributed by atoms with Gasteiger partial charge in [-0.15, -0.1) is 0 Å². The molecule has 0 aliphatic heterocycles. The average molecular weight is 512 g/mol. The van der Waals surface area contributed by atoms with Gasteiger partial charge in [-0.3, -0.25) is 4.79 Å². The molecule has 13 heteroatoms. The van der Waals surface area contributed by atoms with Crippen molar-refractivity contribution in [3.05, 3.63) is 96.0 Å². The minimum Gasteiger partial charge on any atom is -0.618 e. The maximum atomic E-state index is 13.2. The first kappa shape index (κ1) is 25.0. The molecule has 4 rings (SSSR count). The van der Waals surface area contributed by atoms with Crippen LogP contribution < -0.4 is 25.4 Å². The summed E-state index contributed by atoms with van der Waals surface area (Å²) in [5, 5.41) is 19.1. The Labute approximate surface area is 207 Å². The summed E-state index contributed by atoms with van der Waals surface area (Å²) in [5.41, 5.74) is -0.520. The molecule has 4 aromatic rings. The number of amides is 3.